The van der Waals surface area contributed by atoms with Crippen molar-refractivity contribution >= 4 is 28.9 Å². The predicted molar refractivity (Wildman–Crippen MR) is 81.1 cm³/mol. The van der Waals surface area contributed by atoms with E-state index in [4.69, 9.17) is 4.74 Å². The van der Waals surface area contributed by atoms with Crippen molar-refractivity contribution in [2.24, 2.45) is 4.99 Å². The first-order valence-electron chi connectivity index (χ1n) is 6.40. The number of nitrogens with zero attached hydrogens (tertiary/aromatic N) is 2. The van der Waals surface area contributed by atoms with Gasteiger partial charge in [-0.25, -0.2) is 9.56 Å². The normalized spacial score (nSPS) is 11.5. The minimum Gasteiger partial charge on any atom is -0.408 e. The van der Waals surface area contributed by atoms with Crippen LogP contribution in [-0.4, -0.2) is 16.4 Å². The molecule has 21 heavy (non-hydrogen) atoms. The number of hydrogen-bond donors (Lipinski definition) is 0. The number of rotatable bonds is 2. The molecule has 110 valence electrons. The Morgan fingerprint density at radius 3 is 2.52 bits per heavy atom. The lowest BCUT2D eigenvalue weighted by Crippen LogP contribution is -2.22. The van der Waals surface area contributed by atoms with Gasteiger partial charge in [-0.2, -0.15) is 0 Å². The van der Waals surface area contributed by atoms with Gasteiger partial charge in [0.25, 0.3) is 0 Å². The first-order valence-corrected chi connectivity index (χ1v) is 7.28. The fourth-order valence-electron chi connectivity index (χ4n) is 1.92. The number of aryl methyl sites for hydroxylation is 2. The van der Waals surface area contributed by atoms with Crippen molar-refractivity contribution in [2.45, 2.75) is 27.7 Å². The van der Waals surface area contributed by atoms with Gasteiger partial charge in [-0.1, -0.05) is 17.7 Å². The number of carbonyl (C=O) groups excluding carboxylic acids is 2. The molecule has 0 spiro atoms. The van der Waals surface area contributed by atoms with Gasteiger partial charge in [0.15, 0.2) is 4.80 Å². The number of hydrogen-bond acceptors (Lipinski definition) is 5. The molecular weight excluding hydrogens is 288 g/mol. The maximum absolute atomic E-state index is 11.8. The smallest absolute Gasteiger partial charge is 0.309 e. The van der Waals surface area contributed by atoms with Crippen molar-refractivity contribution in [3.8, 4) is 5.88 Å². The van der Waals surface area contributed by atoms with Crippen molar-refractivity contribution < 1.29 is 14.3 Å². The molecule has 1 heterocycles. The first-order chi connectivity index (χ1) is 9.88. The summed E-state index contributed by atoms with van der Waals surface area (Å²) in [5.74, 6) is -0.527. The molecule has 0 radical (unpaired) electrons. The molecule has 0 aliphatic heterocycles. The number of thiazole rings is 1. The lowest BCUT2D eigenvalue weighted by Gasteiger charge is -2.04. The maximum atomic E-state index is 11.8. The SMILES string of the molecule is CC(=O)Oc1csc(=Nc2ccc(C)cc2C)n1C(C)=O. The Morgan fingerprint density at radius 2 is 1.95 bits per heavy atom. The summed E-state index contributed by atoms with van der Waals surface area (Å²) in [5, 5.41) is 1.60. The number of carbonyl (C=O) groups is 2. The molecule has 1 aromatic carbocycles. The third kappa shape index (κ3) is 3.46. The van der Waals surface area contributed by atoms with E-state index in [0.29, 0.717) is 4.80 Å². The molecule has 2 aromatic rings. The third-order valence-corrected chi connectivity index (χ3v) is 3.61. The monoisotopic (exact) mass is 304 g/mol. The van der Waals surface area contributed by atoms with E-state index in [1.165, 1.54) is 29.8 Å². The number of esters is 1. The summed E-state index contributed by atoms with van der Waals surface area (Å²) in [7, 11) is 0. The number of ether oxygens (including phenoxy) is 1. The molecule has 0 unspecified atom stereocenters. The van der Waals surface area contributed by atoms with Crippen LogP contribution in [0.25, 0.3) is 0 Å². The van der Waals surface area contributed by atoms with Crippen molar-refractivity contribution in [3.05, 3.63) is 39.5 Å². The van der Waals surface area contributed by atoms with Crippen LogP contribution in [0.5, 0.6) is 5.88 Å². The van der Waals surface area contributed by atoms with E-state index >= 15 is 0 Å². The average Bonchev–Trinajstić information content (AvgIpc) is 2.74. The fraction of sp³-hybridized carbons (Fsp3) is 0.267. The summed E-state index contributed by atoms with van der Waals surface area (Å²) in [5.41, 5.74) is 2.96. The Bertz CT molecular complexity index is 771. The summed E-state index contributed by atoms with van der Waals surface area (Å²) >= 11 is 1.25. The molecule has 5 nitrogen and oxygen atoms in total. The number of aromatic nitrogens is 1. The highest BCUT2D eigenvalue weighted by molar-refractivity contribution is 7.07. The van der Waals surface area contributed by atoms with Gasteiger partial charge >= 0.3 is 5.97 Å². The Balaban J connectivity index is 2.58. The molecule has 0 atom stereocenters. The van der Waals surface area contributed by atoms with Crippen LogP contribution in [-0.2, 0) is 4.79 Å². The Kier molecular flexibility index (Phi) is 4.37. The van der Waals surface area contributed by atoms with Crippen LogP contribution in [0, 0.1) is 13.8 Å². The van der Waals surface area contributed by atoms with Crippen LogP contribution < -0.4 is 9.54 Å². The molecule has 0 N–H and O–H groups in total. The molecular formula is C15H16N2O3S. The van der Waals surface area contributed by atoms with E-state index < -0.39 is 5.97 Å². The average molecular weight is 304 g/mol. The molecule has 1 aromatic heterocycles. The van der Waals surface area contributed by atoms with Gasteiger partial charge in [0, 0.05) is 13.8 Å². The zero-order valence-electron chi connectivity index (χ0n) is 12.3. The second-order valence-electron chi connectivity index (χ2n) is 4.71. The lowest BCUT2D eigenvalue weighted by molar-refractivity contribution is -0.132. The highest BCUT2D eigenvalue weighted by atomic mass is 32.1. The lowest BCUT2D eigenvalue weighted by atomic mass is 10.1. The molecule has 0 fully saturated rings. The Hall–Kier alpha value is -2.21. The van der Waals surface area contributed by atoms with Crippen LogP contribution in [0.1, 0.15) is 29.8 Å². The molecule has 0 saturated carbocycles. The molecule has 6 heteroatoms. The van der Waals surface area contributed by atoms with Gasteiger partial charge in [0.2, 0.25) is 11.8 Å². The molecule has 2 rings (SSSR count). The van der Waals surface area contributed by atoms with Crippen LogP contribution in [0.3, 0.4) is 0 Å². The van der Waals surface area contributed by atoms with Crippen molar-refractivity contribution in [2.75, 3.05) is 0 Å². The van der Waals surface area contributed by atoms with E-state index in [-0.39, 0.29) is 11.8 Å². The fourth-order valence-corrected chi connectivity index (χ4v) is 2.75. The van der Waals surface area contributed by atoms with Gasteiger partial charge in [0.1, 0.15) is 0 Å². The van der Waals surface area contributed by atoms with Gasteiger partial charge in [-0.3, -0.25) is 9.59 Å². The zero-order valence-corrected chi connectivity index (χ0v) is 13.2. The van der Waals surface area contributed by atoms with Crippen molar-refractivity contribution in [1.82, 2.24) is 4.57 Å². The molecule has 0 aliphatic carbocycles. The first kappa shape index (κ1) is 15.2. The minimum atomic E-state index is -0.471. The standard InChI is InChI=1S/C15H16N2O3S/c1-9-5-6-13(10(2)7-9)16-15-17(11(3)18)14(8-21-15)20-12(4)19/h5-8H,1-4H3. The summed E-state index contributed by atoms with van der Waals surface area (Å²) in [6.07, 6.45) is 0. The second kappa shape index (κ2) is 6.05. The highest BCUT2D eigenvalue weighted by Crippen LogP contribution is 2.20. The maximum Gasteiger partial charge on any atom is 0.309 e. The largest absolute Gasteiger partial charge is 0.408 e. The van der Waals surface area contributed by atoms with Gasteiger partial charge in [-0.15, -0.1) is 11.3 Å². The van der Waals surface area contributed by atoms with Crippen LogP contribution in [0.4, 0.5) is 5.69 Å². The summed E-state index contributed by atoms with van der Waals surface area (Å²) in [4.78, 5) is 27.8. The van der Waals surface area contributed by atoms with Crippen LogP contribution in [0.2, 0.25) is 0 Å². The van der Waals surface area contributed by atoms with E-state index in [0.717, 1.165) is 16.8 Å². The molecule has 0 amide bonds. The second-order valence-corrected chi connectivity index (χ2v) is 5.54. The van der Waals surface area contributed by atoms with Gasteiger partial charge < -0.3 is 4.74 Å². The zero-order chi connectivity index (χ0) is 15.6. The minimum absolute atomic E-state index is 0.198. The number of benzene rings is 1. The van der Waals surface area contributed by atoms with Crippen molar-refractivity contribution in [3.63, 3.8) is 0 Å². The summed E-state index contributed by atoms with van der Waals surface area (Å²) in [6, 6.07) is 5.89. The predicted octanol–water partition coefficient (Wildman–Crippen LogP) is 2.98. The molecule has 0 bridgehead atoms. The Morgan fingerprint density at radius 1 is 1.24 bits per heavy atom. The molecule has 0 aliphatic rings. The van der Waals surface area contributed by atoms with Gasteiger partial charge in [0.05, 0.1) is 11.1 Å². The Labute approximate surface area is 126 Å². The quantitative estimate of drug-likeness (QED) is 0.801. The van der Waals surface area contributed by atoms with Crippen molar-refractivity contribution in [1.29, 1.82) is 0 Å². The highest BCUT2D eigenvalue weighted by Gasteiger charge is 2.12. The van der Waals surface area contributed by atoms with Crippen LogP contribution in [0.15, 0.2) is 28.6 Å². The van der Waals surface area contributed by atoms with E-state index in [2.05, 4.69) is 4.99 Å². The summed E-state index contributed by atoms with van der Waals surface area (Å²) < 4.78 is 6.32. The van der Waals surface area contributed by atoms with E-state index in [1.54, 1.807) is 5.38 Å². The van der Waals surface area contributed by atoms with E-state index in [1.807, 2.05) is 32.0 Å². The molecule has 0 saturated heterocycles. The summed E-state index contributed by atoms with van der Waals surface area (Å²) in [6.45, 7) is 6.67. The third-order valence-electron chi connectivity index (χ3n) is 2.81. The topological polar surface area (TPSA) is 60.7 Å². The van der Waals surface area contributed by atoms with Crippen LogP contribution >= 0.6 is 11.3 Å². The van der Waals surface area contributed by atoms with E-state index in [9.17, 15) is 9.59 Å². The van der Waals surface area contributed by atoms with Gasteiger partial charge in [-0.05, 0) is 25.5 Å².